The molecule has 2 rings (SSSR count). The average molecular weight is 335 g/mol. The lowest BCUT2D eigenvalue weighted by Crippen LogP contribution is -2.51. The highest BCUT2D eigenvalue weighted by Gasteiger charge is 2.46. The molecular formula is C17H23BrN2. The number of hydrogen-bond acceptors (Lipinski definition) is 2. The van der Waals surface area contributed by atoms with Gasteiger partial charge in [-0.25, -0.2) is 0 Å². The normalized spacial score (nSPS) is 26.9. The SMILES string of the molecule is CC(C)(C)C1CCCCC1(C#N)Nc1cccc(Br)c1. The van der Waals surface area contributed by atoms with E-state index in [4.69, 9.17) is 0 Å². The van der Waals surface area contributed by atoms with Gasteiger partial charge < -0.3 is 5.32 Å². The Kier molecular flexibility index (Phi) is 4.44. The standard InChI is InChI=1S/C17H23BrN2/c1-16(2,3)15-9-4-5-10-17(15,12-19)20-14-8-6-7-13(18)11-14/h6-8,11,15,20H,4-5,9-10H2,1-3H3. The monoisotopic (exact) mass is 334 g/mol. The van der Waals surface area contributed by atoms with Gasteiger partial charge in [0.1, 0.15) is 5.54 Å². The summed E-state index contributed by atoms with van der Waals surface area (Å²) in [6.07, 6.45) is 4.41. The van der Waals surface area contributed by atoms with E-state index >= 15 is 0 Å². The second kappa shape index (κ2) is 5.77. The third-order valence-electron chi connectivity index (χ3n) is 4.35. The summed E-state index contributed by atoms with van der Waals surface area (Å²) in [7, 11) is 0. The summed E-state index contributed by atoms with van der Waals surface area (Å²) >= 11 is 3.50. The zero-order valence-electron chi connectivity index (χ0n) is 12.5. The van der Waals surface area contributed by atoms with Crippen LogP contribution in [0, 0.1) is 22.7 Å². The number of rotatable bonds is 2. The molecule has 2 atom stereocenters. The van der Waals surface area contributed by atoms with Gasteiger partial charge in [0.25, 0.3) is 0 Å². The van der Waals surface area contributed by atoms with E-state index in [-0.39, 0.29) is 5.41 Å². The predicted octanol–water partition coefficient (Wildman–Crippen LogP) is 5.36. The average Bonchev–Trinajstić information content (AvgIpc) is 2.38. The van der Waals surface area contributed by atoms with E-state index in [2.05, 4.69) is 48.1 Å². The van der Waals surface area contributed by atoms with Crippen LogP contribution in [0.4, 0.5) is 5.69 Å². The first-order valence-corrected chi connectivity index (χ1v) is 8.12. The van der Waals surface area contributed by atoms with Gasteiger partial charge in [0.2, 0.25) is 0 Å². The second-order valence-electron chi connectivity index (χ2n) is 6.88. The molecule has 2 unspecified atom stereocenters. The Balaban J connectivity index is 2.34. The number of nitrogens with zero attached hydrogens (tertiary/aromatic N) is 1. The highest BCUT2D eigenvalue weighted by atomic mass is 79.9. The number of nitrogens with one attached hydrogen (secondary N) is 1. The summed E-state index contributed by atoms with van der Waals surface area (Å²) in [5, 5.41) is 13.4. The van der Waals surface area contributed by atoms with Crippen LogP contribution in [0.2, 0.25) is 0 Å². The largest absolute Gasteiger partial charge is 0.367 e. The Hall–Kier alpha value is -1.01. The van der Waals surface area contributed by atoms with Crippen LogP contribution >= 0.6 is 15.9 Å². The van der Waals surface area contributed by atoms with Crippen LogP contribution in [0.3, 0.4) is 0 Å². The van der Waals surface area contributed by atoms with E-state index in [1.165, 1.54) is 6.42 Å². The van der Waals surface area contributed by atoms with Crippen LogP contribution in [0.15, 0.2) is 28.7 Å². The molecule has 0 aliphatic heterocycles. The predicted molar refractivity (Wildman–Crippen MR) is 87.5 cm³/mol. The molecule has 1 aliphatic rings. The fourth-order valence-corrected chi connectivity index (χ4v) is 3.88. The van der Waals surface area contributed by atoms with Gasteiger partial charge in [0.15, 0.2) is 0 Å². The number of halogens is 1. The molecule has 1 fully saturated rings. The first-order valence-electron chi connectivity index (χ1n) is 7.32. The van der Waals surface area contributed by atoms with Crippen molar-refractivity contribution in [3.8, 4) is 6.07 Å². The molecular weight excluding hydrogens is 312 g/mol. The third-order valence-corrected chi connectivity index (χ3v) is 4.84. The molecule has 0 bridgehead atoms. The maximum Gasteiger partial charge on any atom is 0.128 e. The molecule has 0 saturated heterocycles. The maximum absolute atomic E-state index is 9.88. The van der Waals surface area contributed by atoms with Gasteiger partial charge in [-0.05, 0) is 36.5 Å². The Morgan fingerprint density at radius 3 is 2.70 bits per heavy atom. The first-order chi connectivity index (χ1) is 9.37. The van der Waals surface area contributed by atoms with Crippen LogP contribution < -0.4 is 5.32 Å². The fourth-order valence-electron chi connectivity index (χ4n) is 3.48. The fraction of sp³-hybridized carbons (Fsp3) is 0.588. The number of hydrogen-bond donors (Lipinski definition) is 1. The van der Waals surface area contributed by atoms with Crippen molar-refractivity contribution in [3.05, 3.63) is 28.7 Å². The van der Waals surface area contributed by atoms with Gasteiger partial charge in [0.05, 0.1) is 6.07 Å². The zero-order valence-corrected chi connectivity index (χ0v) is 14.1. The van der Waals surface area contributed by atoms with E-state index in [1.54, 1.807) is 0 Å². The molecule has 0 amide bonds. The first kappa shape index (κ1) is 15.4. The molecule has 1 saturated carbocycles. The Morgan fingerprint density at radius 1 is 1.35 bits per heavy atom. The molecule has 1 aromatic rings. The van der Waals surface area contributed by atoms with E-state index in [0.29, 0.717) is 5.92 Å². The van der Waals surface area contributed by atoms with Crippen molar-refractivity contribution in [3.63, 3.8) is 0 Å². The molecule has 3 heteroatoms. The van der Waals surface area contributed by atoms with Crippen molar-refractivity contribution in [2.45, 2.75) is 52.0 Å². The number of benzene rings is 1. The summed E-state index contributed by atoms with van der Waals surface area (Å²) in [6.45, 7) is 6.74. The quantitative estimate of drug-likeness (QED) is 0.790. The highest BCUT2D eigenvalue weighted by molar-refractivity contribution is 9.10. The minimum Gasteiger partial charge on any atom is -0.367 e. The molecule has 1 aliphatic carbocycles. The lowest BCUT2D eigenvalue weighted by Gasteiger charge is -2.46. The Labute approximate surface area is 130 Å². The van der Waals surface area contributed by atoms with Gasteiger partial charge in [-0.15, -0.1) is 0 Å². The van der Waals surface area contributed by atoms with Crippen LogP contribution in [0.5, 0.6) is 0 Å². The summed E-state index contributed by atoms with van der Waals surface area (Å²) in [4.78, 5) is 0. The molecule has 108 valence electrons. The van der Waals surface area contributed by atoms with E-state index in [1.807, 2.05) is 24.3 Å². The van der Waals surface area contributed by atoms with Gasteiger partial charge in [0, 0.05) is 16.1 Å². The van der Waals surface area contributed by atoms with Crippen LogP contribution in [-0.2, 0) is 0 Å². The van der Waals surface area contributed by atoms with E-state index in [9.17, 15) is 5.26 Å². The molecule has 2 nitrogen and oxygen atoms in total. The minimum atomic E-state index is -0.447. The van der Waals surface area contributed by atoms with Crippen molar-refractivity contribution in [1.82, 2.24) is 0 Å². The molecule has 0 aromatic heterocycles. The number of nitriles is 1. The summed E-state index contributed by atoms with van der Waals surface area (Å²) < 4.78 is 1.04. The minimum absolute atomic E-state index is 0.134. The summed E-state index contributed by atoms with van der Waals surface area (Å²) in [5.41, 5.74) is 0.712. The lowest BCUT2D eigenvalue weighted by atomic mass is 9.62. The number of anilines is 1. The van der Waals surface area contributed by atoms with Crippen molar-refractivity contribution >= 4 is 21.6 Å². The second-order valence-corrected chi connectivity index (χ2v) is 7.80. The van der Waals surface area contributed by atoms with E-state index < -0.39 is 5.54 Å². The van der Waals surface area contributed by atoms with Crippen molar-refractivity contribution in [2.24, 2.45) is 11.3 Å². The highest BCUT2D eigenvalue weighted by Crippen LogP contribution is 2.45. The smallest absolute Gasteiger partial charge is 0.128 e. The Morgan fingerprint density at radius 2 is 2.10 bits per heavy atom. The van der Waals surface area contributed by atoms with Crippen LogP contribution in [0.25, 0.3) is 0 Å². The van der Waals surface area contributed by atoms with E-state index in [0.717, 1.165) is 29.4 Å². The molecule has 0 spiro atoms. The molecule has 1 N–H and O–H groups in total. The molecule has 20 heavy (non-hydrogen) atoms. The third kappa shape index (κ3) is 3.17. The van der Waals surface area contributed by atoms with Crippen molar-refractivity contribution in [1.29, 1.82) is 5.26 Å². The maximum atomic E-state index is 9.88. The van der Waals surface area contributed by atoms with Gasteiger partial charge in [-0.2, -0.15) is 5.26 Å². The zero-order chi connectivity index (χ0) is 14.8. The van der Waals surface area contributed by atoms with Gasteiger partial charge in [-0.1, -0.05) is 55.6 Å². The molecule has 1 aromatic carbocycles. The molecule has 0 radical (unpaired) electrons. The summed E-state index contributed by atoms with van der Waals surface area (Å²) in [5.74, 6) is 0.368. The van der Waals surface area contributed by atoms with Crippen molar-refractivity contribution in [2.75, 3.05) is 5.32 Å². The Bertz CT molecular complexity index is 512. The molecule has 0 heterocycles. The van der Waals surface area contributed by atoms with Crippen LogP contribution in [0.1, 0.15) is 46.5 Å². The van der Waals surface area contributed by atoms with Gasteiger partial charge in [-0.3, -0.25) is 0 Å². The summed E-state index contributed by atoms with van der Waals surface area (Å²) in [6, 6.07) is 10.7. The topological polar surface area (TPSA) is 35.8 Å². The van der Waals surface area contributed by atoms with Crippen LogP contribution in [-0.4, -0.2) is 5.54 Å². The van der Waals surface area contributed by atoms with Gasteiger partial charge >= 0.3 is 0 Å². The van der Waals surface area contributed by atoms with Crippen molar-refractivity contribution < 1.29 is 0 Å². The lowest BCUT2D eigenvalue weighted by molar-refractivity contribution is 0.127.